The van der Waals surface area contributed by atoms with Crippen molar-refractivity contribution in [3.63, 3.8) is 0 Å². The lowest BCUT2D eigenvalue weighted by molar-refractivity contribution is -0.149. The fourth-order valence-electron chi connectivity index (χ4n) is 2.03. The van der Waals surface area contributed by atoms with E-state index < -0.39 is 11.9 Å². The van der Waals surface area contributed by atoms with Crippen molar-refractivity contribution in [1.29, 1.82) is 0 Å². The van der Waals surface area contributed by atoms with Crippen molar-refractivity contribution in [2.45, 2.75) is 6.92 Å². The molecule has 1 aromatic carbocycles. The highest BCUT2D eigenvalue weighted by Gasteiger charge is 2.33. The predicted octanol–water partition coefficient (Wildman–Crippen LogP) is 3.61. The average molecular weight is 296 g/mol. The highest BCUT2D eigenvalue weighted by Crippen LogP contribution is 2.27. The van der Waals surface area contributed by atoms with E-state index in [-0.39, 0.29) is 0 Å². The Balaban J connectivity index is 2.03. The average Bonchev–Trinajstić information content (AvgIpc) is 3.05. The minimum absolute atomic E-state index is 0.303. The molecule has 4 heteroatoms. The van der Waals surface area contributed by atoms with Crippen LogP contribution in [0.4, 0.5) is 0 Å². The summed E-state index contributed by atoms with van der Waals surface area (Å²) in [5, 5.41) is 1.91. The van der Waals surface area contributed by atoms with Gasteiger partial charge in [0.1, 0.15) is 0 Å². The van der Waals surface area contributed by atoms with Gasteiger partial charge in [0.2, 0.25) is 0 Å². The van der Waals surface area contributed by atoms with Crippen molar-refractivity contribution in [3.05, 3.63) is 68.9 Å². The fraction of sp³-hybridized carbons (Fsp3) is 0.0588. The lowest BCUT2D eigenvalue weighted by atomic mass is 10.0. The first-order valence-electron chi connectivity index (χ1n) is 6.44. The molecule has 1 aromatic heterocycles. The van der Waals surface area contributed by atoms with Gasteiger partial charge in [-0.2, -0.15) is 0 Å². The van der Waals surface area contributed by atoms with Crippen molar-refractivity contribution < 1.29 is 14.3 Å². The quantitative estimate of drug-likeness (QED) is 0.483. The second kappa shape index (κ2) is 5.50. The Morgan fingerprint density at radius 2 is 1.62 bits per heavy atom. The topological polar surface area (TPSA) is 43.4 Å². The Hall–Kier alpha value is -2.46. The van der Waals surface area contributed by atoms with Gasteiger partial charge in [0.25, 0.3) is 0 Å². The van der Waals surface area contributed by atoms with Gasteiger partial charge in [0.05, 0.1) is 11.1 Å². The summed E-state index contributed by atoms with van der Waals surface area (Å²) in [5.41, 5.74) is 2.61. The molecule has 1 aliphatic heterocycles. The van der Waals surface area contributed by atoms with Gasteiger partial charge in [0, 0.05) is 4.88 Å². The summed E-state index contributed by atoms with van der Waals surface area (Å²) in [6, 6.07) is 11.5. The van der Waals surface area contributed by atoms with E-state index in [9.17, 15) is 9.59 Å². The molecule has 0 bridgehead atoms. The minimum atomic E-state index is -0.594. The summed E-state index contributed by atoms with van der Waals surface area (Å²) in [5.74, 6) is -1.19. The first kappa shape index (κ1) is 13.5. The van der Waals surface area contributed by atoms with Crippen LogP contribution in [0.2, 0.25) is 0 Å². The third-order valence-electron chi connectivity index (χ3n) is 3.13. The largest absolute Gasteiger partial charge is 0.386 e. The van der Waals surface area contributed by atoms with Gasteiger partial charge in [-0.05, 0) is 36.1 Å². The molecule has 2 aromatic rings. The normalized spacial score (nSPS) is 18.5. The SMILES string of the molecule is Cc1ccc(/C=C2\C(=O)OC(=O)\C2=C\c2cccs2)cc1. The predicted molar refractivity (Wildman–Crippen MR) is 82.6 cm³/mol. The number of aryl methyl sites for hydroxylation is 1. The number of carbonyl (C=O) groups is 2. The number of cyclic esters (lactones) is 2. The number of rotatable bonds is 2. The smallest absolute Gasteiger partial charge is 0.346 e. The molecule has 21 heavy (non-hydrogen) atoms. The van der Waals surface area contributed by atoms with Gasteiger partial charge in [0.15, 0.2) is 0 Å². The van der Waals surface area contributed by atoms with Crippen LogP contribution >= 0.6 is 11.3 Å². The summed E-state index contributed by atoms with van der Waals surface area (Å²) in [7, 11) is 0. The van der Waals surface area contributed by atoms with E-state index in [1.54, 1.807) is 12.2 Å². The van der Waals surface area contributed by atoms with Crippen LogP contribution in [0, 0.1) is 6.92 Å². The molecule has 104 valence electrons. The fourth-order valence-corrected chi connectivity index (χ4v) is 2.69. The second-order valence-corrected chi connectivity index (χ2v) is 5.70. The van der Waals surface area contributed by atoms with Gasteiger partial charge >= 0.3 is 11.9 Å². The van der Waals surface area contributed by atoms with Gasteiger partial charge < -0.3 is 4.74 Å². The Morgan fingerprint density at radius 1 is 0.952 bits per heavy atom. The van der Waals surface area contributed by atoms with Gasteiger partial charge in [-0.15, -0.1) is 11.3 Å². The Bertz CT molecular complexity index is 750. The number of hydrogen-bond donors (Lipinski definition) is 0. The molecule has 0 aliphatic carbocycles. The van der Waals surface area contributed by atoms with Crippen LogP contribution < -0.4 is 0 Å². The van der Waals surface area contributed by atoms with Crippen LogP contribution in [-0.2, 0) is 14.3 Å². The van der Waals surface area contributed by atoms with Crippen molar-refractivity contribution >= 4 is 35.4 Å². The molecular formula is C17H12O3S. The first-order chi connectivity index (χ1) is 10.1. The summed E-state index contributed by atoms with van der Waals surface area (Å²) in [4.78, 5) is 24.6. The number of ether oxygens (including phenoxy) is 1. The van der Waals surface area contributed by atoms with E-state index in [2.05, 4.69) is 0 Å². The molecule has 0 unspecified atom stereocenters. The maximum Gasteiger partial charge on any atom is 0.346 e. The van der Waals surface area contributed by atoms with Crippen LogP contribution in [0.15, 0.2) is 52.9 Å². The monoisotopic (exact) mass is 296 g/mol. The molecule has 3 nitrogen and oxygen atoms in total. The number of thiophene rings is 1. The number of carbonyl (C=O) groups excluding carboxylic acids is 2. The molecule has 0 saturated carbocycles. The molecule has 1 aliphatic rings. The lowest BCUT2D eigenvalue weighted by Gasteiger charge is -1.97. The van der Waals surface area contributed by atoms with E-state index in [4.69, 9.17) is 4.74 Å². The Labute approximate surface area is 126 Å². The molecule has 3 rings (SSSR count). The van der Waals surface area contributed by atoms with E-state index >= 15 is 0 Å². The zero-order valence-corrected chi connectivity index (χ0v) is 12.1. The molecule has 2 heterocycles. The number of benzene rings is 1. The molecule has 0 N–H and O–H groups in total. The van der Waals surface area contributed by atoms with Crippen molar-refractivity contribution in [3.8, 4) is 0 Å². The number of hydrogen-bond acceptors (Lipinski definition) is 4. The standard InChI is InChI=1S/C17H12O3S/c1-11-4-6-12(7-5-11)9-14-15(17(19)20-16(14)18)10-13-3-2-8-21-13/h2-10H,1H3/b14-9-,15-10+. The Kier molecular flexibility index (Phi) is 3.54. The van der Waals surface area contributed by atoms with Crippen LogP contribution in [0.5, 0.6) is 0 Å². The van der Waals surface area contributed by atoms with Gasteiger partial charge in [-0.1, -0.05) is 35.9 Å². The third kappa shape index (κ3) is 2.85. The molecule has 1 saturated heterocycles. The molecule has 1 fully saturated rings. The summed E-state index contributed by atoms with van der Waals surface area (Å²) in [6.45, 7) is 1.99. The summed E-state index contributed by atoms with van der Waals surface area (Å²) in [6.07, 6.45) is 3.38. The first-order valence-corrected chi connectivity index (χ1v) is 7.32. The van der Waals surface area contributed by atoms with Gasteiger partial charge in [-0.25, -0.2) is 9.59 Å². The Morgan fingerprint density at radius 3 is 2.24 bits per heavy atom. The van der Waals surface area contributed by atoms with Crippen LogP contribution in [0.25, 0.3) is 12.2 Å². The summed E-state index contributed by atoms with van der Waals surface area (Å²) < 4.78 is 4.72. The molecule has 0 radical (unpaired) electrons. The zero-order chi connectivity index (χ0) is 14.8. The van der Waals surface area contributed by atoms with E-state index in [0.717, 1.165) is 16.0 Å². The van der Waals surface area contributed by atoms with Crippen molar-refractivity contribution in [2.75, 3.05) is 0 Å². The molecule has 0 atom stereocenters. The highest BCUT2D eigenvalue weighted by atomic mass is 32.1. The second-order valence-electron chi connectivity index (χ2n) is 4.72. The van der Waals surface area contributed by atoms with E-state index in [1.165, 1.54) is 11.3 Å². The summed E-state index contributed by atoms with van der Waals surface area (Å²) >= 11 is 1.50. The van der Waals surface area contributed by atoms with Crippen molar-refractivity contribution in [1.82, 2.24) is 0 Å². The number of esters is 2. The van der Waals surface area contributed by atoms with Crippen LogP contribution in [0.3, 0.4) is 0 Å². The van der Waals surface area contributed by atoms with Crippen molar-refractivity contribution in [2.24, 2.45) is 0 Å². The zero-order valence-electron chi connectivity index (χ0n) is 11.3. The highest BCUT2D eigenvalue weighted by molar-refractivity contribution is 7.10. The van der Waals surface area contributed by atoms with Gasteiger partial charge in [-0.3, -0.25) is 0 Å². The van der Waals surface area contributed by atoms with Crippen LogP contribution in [-0.4, -0.2) is 11.9 Å². The van der Waals surface area contributed by atoms with E-state index in [1.807, 2.05) is 48.7 Å². The maximum absolute atomic E-state index is 11.8. The maximum atomic E-state index is 11.8. The van der Waals surface area contributed by atoms with Crippen LogP contribution in [0.1, 0.15) is 16.0 Å². The third-order valence-corrected chi connectivity index (χ3v) is 3.95. The molecule has 0 amide bonds. The molecule has 0 spiro atoms. The van der Waals surface area contributed by atoms with E-state index in [0.29, 0.717) is 11.1 Å². The molecular weight excluding hydrogens is 284 g/mol. The minimum Gasteiger partial charge on any atom is -0.386 e. The lowest BCUT2D eigenvalue weighted by Crippen LogP contribution is -1.97.